The molecule has 0 saturated carbocycles. The smallest absolute Gasteiger partial charge is 0.223 e. The summed E-state index contributed by atoms with van der Waals surface area (Å²) in [6, 6.07) is 14.7. The second-order valence-electron chi connectivity index (χ2n) is 6.42. The van der Waals surface area contributed by atoms with Gasteiger partial charge in [-0.15, -0.1) is 0 Å². The number of carbonyl (C=O) groups is 2. The fourth-order valence-electron chi connectivity index (χ4n) is 2.62. The molecule has 0 aromatic heterocycles. The molecule has 144 valence electrons. The first-order valence-electron chi connectivity index (χ1n) is 8.92. The number of hydrogen-bond acceptors (Lipinski definition) is 3. The number of ether oxygens (including phenoxy) is 1. The van der Waals surface area contributed by atoms with Crippen molar-refractivity contribution in [3.05, 3.63) is 59.1 Å². The van der Waals surface area contributed by atoms with Crippen LogP contribution in [-0.4, -0.2) is 24.5 Å². The van der Waals surface area contributed by atoms with E-state index in [-0.39, 0.29) is 30.9 Å². The molecule has 2 rings (SSSR count). The maximum Gasteiger partial charge on any atom is 0.223 e. The van der Waals surface area contributed by atoms with E-state index in [0.717, 1.165) is 5.56 Å². The Morgan fingerprint density at radius 1 is 1.11 bits per heavy atom. The van der Waals surface area contributed by atoms with Crippen LogP contribution in [0.2, 0.25) is 5.02 Å². The van der Waals surface area contributed by atoms with E-state index >= 15 is 0 Å². The van der Waals surface area contributed by atoms with Gasteiger partial charge >= 0.3 is 0 Å². The Labute approximate surface area is 165 Å². The number of nitrogens with zero attached hydrogens (tertiary/aromatic N) is 1. The van der Waals surface area contributed by atoms with Crippen LogP contribution in [0.1, 0.15) is 32.8 Å². The van der Waals surface area contributed by atoms with Gasteiger partial charge in [0.15, 0.2) is 0 Å². The van der Waals surface area contributed by atoms with Gasteiger partial charge < -0.3 is 15.0 Å². The Morgan fingerprint density at radius 3 is 2.44 bits per heavy atom. The lowest BCUT2D eigenvalue weighted by Crippen LogP contribution is -2.34. The van der Waals surface area contributed by atoms with Crippen LogP contribution in [0, 0.1) is 0 Å². The molecule has 0 radical (unpaired) electrons. The molecular formula is C21H25ClN2O3. The van der Waals surface area contributed by atoms with Gasteiger partial charge in [0, 0.05) is 31.5 Å². The topological polar surface area (TPSA) is 58.6 Å². The summed E-state index contributed by atoms with van der Waals surface area (Å²) in [5.41, 5.74) is 1.52. The molecule has 5 nitrogen and oxygen atoms in total. The number of halogens is 1. The van der Waals surface area contributed by atoms with E-state index in [9.17, 15) is 9.59 Å². The molecule has 0 aliphatic carbocycles. The fraction of sp³-hybridized carbons (Fsp3) is 0.333. The molecule has 0 bridgehead atoms. The van der Waals surface area contributed by atoms with Crippen molar-refractivity contribution < 1.29 is 14.3 Å². The monoisotopic (exact) mass is 388 g/mol. The van der Waals surface area contributed by atoms with Crippen LogP contribution in [0.4, 0.5) is 5.69 Å². The van der Waals surface area contributed by atoms with E-state index < -0.39 is 0 Å². The third-order valence-electron chi connectivity index (χ3n) is 3.90. The molecule has 0 fully saturated rings. The number of hydrogen-bond donors (Lipinski definition) is 1. The summed E-state index contributed by atoms with van der Waals surface area (Å²) in [5, 5.41) is 3.45. The molecular weight excluding hydrogens is 364 g/mol. The maximum absolute atomic E-state index is 12.2. The van der Waals surface area contributed by atoms with Gasteiger partial charge in [0.25, 0.3) is 0 Å². The minimum atomic E-state index is -0.150. The van der Waals surface area contributed by atoms with Gasteiger partial charge in [-0.2, -0.15) is 0 Å². The second kappa shape index (κ2) is 9.97. The average molecular weight is 389 g/mol. The van der Waals surface area contributed by atoms with Crippen molar-refractivity contribution in [2.45, 2.75) is 39.8 Å². The Kier molecular flexibility index (Phi) is 7.67. The predicted octanol–water partition coefficient (Wildman–Crippen LogP) is 4.19. The Balaban J connectivity index is 2.00. The summed E-state index contributed by atoms with van der Waals surface area (Å²) >= 11 is 6.10. The number of para-hydroxylation sites is 2. The standard InChI is InChI=1S/C21H25ClN2O3/c1-15(2)27-20-11-7-6-10-19(20)24(16(3)25)13-12-21(26)23-14-17-8-4-5-9-18(17)22/h4-11,15H,12-14H2,1-3H3,(H,23,26). The van der Waals surface area contributed by atoms with E-state index in [0.29, 0.717) is 23.0 Å². The number of nitrogens with one attached hydrogen (secondary N) is 1. The first kappa shape index (κ1) is 20.8. The summed E-state index contributed by atoms with van der Waals surface area (Å²) in [5.74, 6) is 0.330. The molecule has 2 aromatic carbocycles. The predicted molar refractivity (Wildman–Crippen MR) is 108 cm³/mol. The molecule has 0 aliphatic heterocycles. The molecule has 0 spiro atoms. The molecule has 1 N–H and O–H groups in total. The normalized spacial score (nSPS) is 10.6. The number of anilines is 1. The lowest BCUT2D eigenvalue weighted by Gasteiger charge is -2.24. The number of benzene rings is 2. The molecule has 0 unspecified atom stereocenters. The van der Waals surface area contributed by atoms with Crippen molar-refractivity contribution in [1.82, 2.24) is 5.32 Å². The van der Waals surface area contributed by atoms with Crippen LogP contribution in [0.3, 0.4) is 0 Å². The van der Waals surface area contributed by atoms with Crippen LogP contribution >= 0.6 is 11.6 Å². The third-order valence-corrected chi connectivity index (χ3v) is 4.26. The molecule has 0 aliphatic rings. The summed E-state index contributed by atoms with van der Waals surface area (Å²) in [6.07, 6.45) is 0.166. The zero-order valence-corrected chi connectivity index (χ0v) is 16.6. The van der Waals surface area contributed by atoms with Gasteiger partial charge in [-0.25, -0.2) is 0 Å². The lowest BCUT2D eigenvalue weighted by atomic mass is 10.2. The summed E-state index contributed by atoms with van der Waals surface area (Å²) in [7, 11) is 0. The maximum atomic E-state index is 12.2. The van der Waals surface area contributed by atoms with Crippen LogP contribution in [0.15, 0.2) is 48.5 Å². The molecule has 0 heterocycles. The summed E-state index contributed by atoms with van der Waals surface area (Å²) in [6.45, 7) is 5.95. The van der Waals surface area contributed by atoms with E-state index in [1.165, 1.54) is 6.92 Å². The first-order chi connectivity index (χ1) is 12.9. The van der Waals surface area contributed by atoms with Gasteiger partial charge in [-0.05, 0) is 37.6 Å². The second-order valence-corrected chi connectivity index (χ2v) is 6.83. The highest BCUT2D eigenvalue weighted by Gasteiger charge is 2.18. The van der Waals surface area contributed by atoms with Gasteiger partial charge in [0.1, 0.15) is 5.75 Å². The van der Waals surface area contributed by atoms with Crippen LogP contribution in [0.25, 0.3) is 0 Å². The van der Waals surface area contributed by atoms with Gasteiger partial charge in [-0.3, -0.25) is 9.59 Å². The molecule has 6 heteroatoms. The highest BCUT2D eigenvalue weighted by Crippen LogP contribution is 2.29. The molecule has 0 saturated heterocycles. The van der Waals surface area contributed by atoms with E-state index in [2.05, 4.69) is 5.32 Å². The Morgan fingerprint density at radius 2 is 1.78 bits per heavy atom. The highest BCUT2D eigenvalue weighted by molar-refractivity contribution is 6.31. The Hall–Kier alpha value is -2.53. The molecule has 0 atom stereocenters. The highest BCUT2D eigenvalue weighted by atomic mass is 35.5. The van der Waals surface area contributed by atoms with E-state index in [1.807, 2.05) is 56.3 Å². The third kappa shape index (κ3) is 6.29. The van der Waals surface area contributed by atoms with Crippen molar-refractivity contribution in [2.24, 2.45) is 0 Å². The molecule has 2 aromatic rings. The van der Waals surface area contributed by atoms with Crippen LogP contribution < -0.4 is 15.0 Å². The summed E-state index contributed by atoms with van der Waals surface area (Å²) < 4.78 is 5.79. The van der Waals surface area contributed by atoms with Crippen LogP contribution in [0.5, 0.6) is 5.75 Å². The fourth-order valence-corrected chi connectivity index (χ4v) is 2.82. The molecule has 2 amide bonds. The zero-order chi connectivity index (χ0) is 19.8. The van der Waals surface area contributed by atoms with Crippen molar-refractivity contribution in [2.75, 3.05) is 11.4 Å². The van der Waals surface area contributed by atoms with E-state index in [4.69, 9.17) is 16.3 Å². The molecule has 27 heavy (non-hydrogen) atoms. The number of rotatable bonds is 8. The number of amides is 2. The van der Waals surface area contributed by atoms with Crippen molar-refractivity contribution in [3.63, 3.8) is 0 Å². The van der Waals surface area contributed by atoms with Crippen molar-refractivity contribution >= 4 is 29.1 Å². The van der Waals surface area contributed by atoms with Gasteiger partial charge in [0.2, 0.25) is 11.8 Å². The van der Waals surface area contributed by atoms with Gasteiger partial charge in [-0.1, -0.05) is 41.9 Å². The van der Waals surface area contributed by atoms with Gasteiger partial charge in [0.05, 0.1) is 11.8 Å². The van der Waals surface area contributed by atoms with E-state index in [1.54, 1.807) is 11.0 Å². The minimum Gasteiger partial charge on any atom is -0.489 e. The average Bonchev–Trinajstić information content (AvgIpc) is 2.62. The van der Waals surface area contributed by atoms with Crippen molar-refractivity contribution in [1.29, 1.82) is 0 Å². The Bertz CT molecular complexity index is 793. The van der Waals surface area contributed by atoms with Crippen LogP contribution in [-0.2, 0) is 16.1 Å². The van der Waals surface area contributed by atoms with Crippen molar-refractivity contribution in [3.8, 4) is 5.75 Å². The largest absolute Gasteiger partial charge is 0.489 e. The lowest BCUT2D eigenvalue weighted by molar-refractivity contribution is -0.121. The number of carbonyl (C=O) groups excluding carboxylic acids is 2. The first-order valence-corrected chi connectivity index (χ1v) is 9.30. The minimum absolute atomic E-state index is 0.0149. The quantitative estimate of drug-likeness (QED) is 0.737. The SMILES string of the molecule is CC(=O)N(CCC(=O)NCc1ccccc1Cl)c1ccccc1OC(C)C. The summed E-state index contributed by atoms with van der Waals surface area (Å²) in [4.78, 5) is 25.9. The zero-order valence-electron chi connectivity index (χ0n) is 15.9.